The van der Waals surface area contributed by atoms with E-state index in [0.29, 0.717) is 35.7 Å². The summed E-state index contributed by atoms with van der Waals surface area (Å²) in [5.41, 5.74) is 5.23. The highest BCUT2D eigenvalue weighted by atomic mass is 16.5. The van der Waals surface area contributed by atoms with E-state index >= 15 is 0 Å². The minimum absolute atomic E-state index is 0.0380. The number of carbonyl (C=O) groups is 1. The van der Waals surface area contributed by atoms with E-state index < -0.39 is 0 Å². The number of carbonyl (C=O) groups excluding carboxylic acids is 1. The number of anilines is 4. The zero-order valence-corrected chi connectivity index (χ0v) is 24.0. The van der Waals surface area contributed by atoms with Crippen LogP contribution in [0.5, 0.6) is 5.88 Å². The molecule has 1 amide bonds. The Hall–Kier alpha value is -5.04. The molecule has 0 aliphatic carbocycles. The van der Waals surface area contributed by atoms with Crippen molar-refractivity contribution in [2.45, 2.75) is 26.4 Å². The van der Waals surface area contributed by atoms with Gasteiger partial charge in [-0.25, -0.2) is 19.9 Å². The number of para-hydroxylation sites is 1. The Kier molecular flexibility index (Phi) is 7.40. The van der Waals surface area contributed by atoms with E-state index in [1.165, 1.54) is 6.33 Å². The number of amides is 1. The van der Waals surface area contributed by atoms with Crippen molar-refractivity contribution in [3.05, 3.63) is 60.3 Å². The Morgan fingerprint density at radius 2 is 2.05 bits per heavy atom. The second kappa shape index (κ2) is 11.4. The van der Waals surface area contributed by atoms with Gasteiger partial charge < -0.3 is 25.7 Å². The van der Waals surface area contributed by atoms with Crippen LogP contribution in [0.4, 0.5) is 23.3 Å². The molecule has 1 saturated heterocycles. The Morgan fingerprint density at radius 3 is 2.86 bits per heavy atom. The Balaban J connectivity index is 1.13. The monoisotopic (exact) mass is 567 g/mol. The molecule has 5 aromatic rings. The van der Waals surface area contributed by atoms with Crippen molar-refractivity contribution in [1.82, 2.24) is 39.6 Å². The molecule has 13 nitrogen and oxygen atoms in total. The molecule has 42 heavy (non-hydrogen) atoms. The fraction of sp³-hybridized carbons (Fsp3) is 0.310. The van der Waals surface area contributed by atoms with Crippen molar-refractivity contribution < 1.29 is 9.53 Å². The summed E-state index contributed by atoms with van der Waals surface area (Å²) >= 11 is 0. The van der Waals surface area contributed by atoms with E-state index in [9.17, 15) is 4.79 Å². The van der Waals surface area contributed by atoms with E-state index in [1.54, 1.807) is 24.0 Å². The number of aryl methyl sites for hydroxylation is 3. The molecule has 4 N–H and O–H groups in total. The van der Waals surface area contributed by atoms with Crippen LogP contribution in [-0.4, -0.2) is 78.3 Å². The summed E-state index contributed by atoms with van der Waals surface area (Å²) < 4.78 is 7.81. The molecule has 1 unspecified atom stereocenters. The van der Waals surface area contributed by atoms with Crippen LogP contribution in [0.3, 0.4) is 0 Å². The first-order chi connectivity index (χ1) is 20.4. The lowest BCUT2D eigenvalue weighted by Crippen LogP contribution is -2.33. The van der Waals surface area contributed by atoms with Crippen molar-refractivity contribution in [3.8, 4) is 17.1 Å². The van der Waals surface area contributed by atoms with Gasteiger partial charge in [0, 0.05) is 68.4 Å². The van der Waals surface area contributed by atoms with Crippen LogP contribution in [0.1, 0.15) is 17.7 Å². The van der Waals surface area contributed by atoms with E-state index in [-0.39, 0.29) is 18.6 Å². The lowest BCUT2D eigenvalue weighted by molar-refractivity contribution is -0.117. The molecule has 4 aromatic heterocycles. The number of aromatic nitrogens is 7. The largest absolute Gasteiger partial charge is 0.473 e. The lowest BCUT2D eigenvalue weighted by Gasteiger charge is -2.16. The molecule has 0 spiro atoms. The number of ether oxygens (including phenoxy) is 1. The van der Waals surface area contributed by atoms with Gasteiger partial charge in [-0.2, -0.15) is 5.10 Å². The molecule has 13 heteroatoms. The number of rotatable bonds is 9. The second-order valence-corrected chi connectivity index (χ2v) is 10.4. The molecule has 1 aliphatic heterocycles. The Labute approximate surface area is 242 Å². The number of nitrogens with zero attached hydrogens (tertiary/aromatic N) is 7. The van der Waals surface area contributed by atoms with Crippen LogP contribution in [0.2, 0.25) is 0 Å². The number of likely N-dealkylation sites (tertiary alicyclic amines) is 1. The molecule has 1 aliphatic rings. The molecule has 0 bridgehead atoms. The van der Waals surface area contributed by atoms with Gasteiger partial charge >= 0.3 is 0 Å². The maximum atomic E-state index is 13.1. The van der Waals surface area contributed by atoms with Gasteiger partial charge in [0.25, 0.3) is 0 Å². The third-order valence-electron chi connectivity index (χ3n) is 7.35. The van der Waals surface area contributed by atoms with Gasteiger partial charge in [-0.15, -0.1) is 0 Å². The summed E-state index contributed by atoms with van der Waals surface area (Å²) in [5.74, 6) is 2.27. The summed E-state index contributed by atoms with van der Waals surface area (Å²) in [6, 6.07) is 9.55. The second-order valence-electron chi connectivity index (χ2n) is 10.4. The fourth-order valence-corrected chi connectivity index (χ4v) is 5.11. The first-order valence-corrected chi connectivity index (χ1v) is 13.8. The highest BCUT2D eigenvalue weighted by Gasteiger charge is 2.26. The van der Waals surface area contributed by atoms with Crippen molar-refractivity contribution in [2.24, 2.45) is 7.05 Å². The summed E-state index contributed by atoms with van der Waals surface area (Å²) in [5, 5.41) is 14.6. The summed E-state index contributed by atoms with van der Waals surface area (Å²) in [6.45, 7) is 5.64. The average Bonchev–Trinajstić information content (AvgIpc) is 3.69. The average molecular weight is 568 g/mol. The quantitative estimate of drug-likeness (QED) is 0.208. The van der Waals surface area contributed by atoms with Gasteiger partial charge in [-0.05, 0) is 31.9 Å². The van der Waals surface area contributed by atoms with E-state index in [4.69, 9.17) is 9.72 Å². The minimum atomic E-state index is -0.0887. The third kappa shape index (κ3) is 5.72. The number of H-pyrrole nitrogens is 1. The topological polar surface area (TPSA) is 151 Å². The van der Waals surface area contributed by atoms with E-state index in [0.717, 1.165) is 46.4 Å². The van der Waals surface area contributed by atoms with E-state index in [2.05, 4.69) is 45.9 Å². The summed E-state index contributed by atoms with van der Waals surface area (Å²) in [7, 11) is 3.69. The fourth-order valence-electron chi connectivity index (χ4n) is 5.11. The van der Waals surface area contributed by atoms with Crippen LogP contribution >= 0.6 is 0 Å². The van der Waals surface area contributed by atoms with Gasteiger partial charge in [0.2, 0.25) is 17.7 Å². The lowest BCUT2D eigenvalue weighted by atomic mass is 10.1. The molecule has 0 saturated carbocycles. The van der Waals surface area contributed by atoms with Gasteiger partial charge in [-0.3, -0.25) is 14.4 Å². The van der Waals surface area contributed by atoms with Crippen LogP contribution in [-0.2, 0) is 11.8 Å². The number of hydrogen-bond donors (Lipinski definition) is 4. The Bertz CT molecular complexity index is 1730. The molecular formula is C29H33N11O2. The van der Waals surface area contributed by atoms with Gasteiger partial charge in [-0.1, -0.05) is 12.1 Å². The molecule has 1 aromatic carbocycles. The highest BCUT2D eigenvalue weighted by molar-refractivity contribution is 6.06. The van der Waals surface area contributed by atoms with Crippen LogP contribution < -0.4 is 20.7 Å². The zero-order valence-electron chi connectivity index (χ0n) is 24.0. The highest BCUT2D eigenvalue weighted by Crippen LogP contribution is 2.33. The smallest absolute Gasteiger partial charge is 0.238 e. The maximum absolute atomic E-state index is 13.1. The molecule has 1 fully saturated rings. The normalized spacial score (nSPS) is 15.2. The van der Waals surface area contributed by atoms with Gasteiger partial charge in [0.05, 0.1) is 23.4 Å². The summed E-state index contributed by atoms with van der Waals surface area (Å²) in [6.07, 6.45) is 5.96. The third-order valence-corrected chi connectivity index (χ3v) is 7.35. The van der Waals surface area contributed by atoms with Gasteiger partial charge in [0.1, 0.15) is 18.2 Å². The maximum Gasteiger partial charge on any atom is 0.238 e. The predicted octanol–water partition coefficient (Wildman–Crippen LogP) is 3.64. The van der Waals surface area contributed by atoms with Crippen LogP contribution in [0.25, 0.3) is 22.2 Å². The summed E-state index contributed by atoms with van der Waals surface area (Å²) in [4.78, 5) is 36.0. The standard InChI is InChI=1S/C29H33N11O2/c1-17-12-32-29(36-24-10-18(2)39(4)38-24)37-27(17)21-13-31-28-20(21)6-5-7-22(28)35-25(41)15-40-9-8-19(14-40)42-26-11-23(30-3)33-16-34-26/h5-7,10-13,16,19,31H,8-9,14-15H2,1-4H3,(H,35,41)(H,30,33,34)(H,32,36,37,38). The first-order valence-electron chi connectivity index (χ1n) is 13.8. The van der Waals surface area contributed by atoms with Crippen LogP contribution in [0.15, 0.2) is 49.1 Å². The van der Waals surface area contributed by atoms with Gasteiger partial charge in [0.15, 0.2) is 5.82 Å². The van der Waals surface area contributed by atoms with Crippen molar-refractivity contribution in [3.63, 3.8) is 0 Å². The zero-order chi connectivity index (χ0) is 29.2. The minimum Gasteiger partial charge on any atom is -0.473 e. The number of nitrogens with one attached hydrogen (secondary N) is 4. The molecule has 1 atom stereocenters. The molecule has 5 heterocycles. The molecule has 6 rings (SSSR count). The van der Waals surface area contributed by atoms with Crippen molar-refractivity contribution in [1.29, 1.82) is 0 Å². The number of benzene rings is 1. The van der Waals surface area contributed by atoms with Crippen molar-refractivity contribution >= 4 is 40.1 Å². The number of aromatic amines is 1. The number of fused-ring (bicyclic) bond motifs is 1. The van der Waals surface area contributed by atoms with Crippen molar-refractivity contribution in [2.75, 3.05) is 42.6 Å². The van der Waals surface area contributed by atoms with E-state index in [1.807, 2.05) is 51.4 Å². The molecular weight excluding hydrogens is 534 g/mol. The molecule has 216 valence electrons. The Morgan fingerprint density at radius 1 is 1.17 bits per heavy atom. The SMILES string of the molecule is CNc1cc(OC2CCN(CC(=O)Nc3cccc4c(-c5nc(Nc6cc(C)n(C)n6)ncc5C)c[nH]c34)C2)ncn1. The van der Waals surface area contributed by atoms with Crippen LogP contribution in [0, 0.1) is 13.8 Å². The first kappa shape index (κ1) is 27.1. The molecule has 0 radical (unpaired) electrons. The predicted molar refractivity (Wildman–Crippen MR) is 161 cm³/mol. The number of hydrogen-bond acceptors (Lipinski definition) is 10.